The summed E-state index contributed by atoms with van der Waals surface area (Å²) in [6.07, 6.45) is 4.99. The molecule has 16 heavy (non-hydrogen) atoms. The van der Waals surface area contributed by atoms with E-state index >= 15 is 0 Å². The van der Waals surface area contributed by atoms with Gasteiger partial charge in [-0.05, 0) is 0 Å². The number of hydrogen-bond acceptors (Lipinski definition) is 4. The fourth-order valence-electron chi connectivity index (χ4n) is 1.10. The van der Waals surface area contributed by atoms with Gasteiger partial charge in [-0.3, -0.25) is 4.79 Å². The van der Waals surface area contributed by atoms with Crippen molar-refractivity contribution in [2.45, 2.75) is 19.0 Å². The molecule has 0 radical (unpaired) electrons. The van der Waals surface area contributed by atoms with Crippen LogP contribution < -0.4 is 5.32 Å². The predicted molar refractivity (Wildman–Crippen MR) is 53.5 cm³/mol. The van der Waals surface area contributed by atoms with E-state index in [1.807, 2.05) is 0 Å². The van der Waals surface area contributed by atoms with Crippen molar-refractivity contribution in [2.24, 2.45) is 0 Å². The lowest BCUT2D eigenvalue weighted by Crippen LogP contribution is -2.43. The van der Waals surface area contributed by atoms with Gasteiger partial charge in [0, 0.05) is 25.4 Å². The fraction of sp³-hybridized carbons (Fsp3) is 0.444. The zero-order chi connectivity index (χ0) is 12.0. The number of aliphatic hydroxyl groups is 1. The average Bonchev–Trinajstić information content (AvgIpc) is 2.75. The van der Waals surface area contributed by atoms with E-state index in [1.165, 1.54) is 0 Å². The van der Waals surface area contributed by atoms with Crippen LogP contribution in [-0.4, -0.2) is 44.3 Å². The highest BCUT2D eigenvalue weighted by Gasteiger charge is 2.18. The summed E-state index contributed by atoms with van der Waals surface area (Å²) >= 11 is 0. The molecule has 1 aromatic heterocycles. The molecule has 0 aliphatic rings. The second-order valence-electron chi connectivity index (χ2n) is 3.19. The van der Waals surface area contributed by atoms with Gasteiger partial charge in [-0.25, -0.2) is 9.78 Å². The molecular formula is C9H13N3O4. The second kappa shape index (κ2) is 5.86. The monoisotopic (exact) mass is 227 g/mol. The Morgan fingerprint density at radius 3 is 2.75 bits per heavy atom. The first-order valence-corrected chi connectivity index (χ1v) is 4.72. The number of rotatable bonds is 6. The predicted octanol–water partition coefficient (Wildman–Crippen LogP) is -1.17. The molecule has 1 unspecified atom stereocenters. The Hall–Kier alpha value is -1.89. The molecule has 0 saturated carbocycles. The third kappa shape index (κ3) is 3.70. The summed E-state index contributed by atoms with van der Waals surface area (Å²) in [5.41, 5.74) is 0. The number of carboxylic acids is 1. The zero-order valence-electron chi connectivity index (χ0n) is 8.54. The van der Waals surface area contributed by atoms with Crippen molar-refractivity contribution in [1.82, 2.24) is 14.9 Å². The molecule has 3 N–H and O–H groups in total. The molecule has 0 aliphatic heterocycles. The number of aromatic nitrogens is 2. The summed E-state index contributed by atoms with van der Waals surface area (Å²) in [6, 6.07) is -1.24. The molecule has 88 valence electrons. The summed E-state index contributed by atoms with van der Waals surface area (Å²) in [5.74, 6) is -1.67. The summed E-state index contributed by atoms with van der Waals surface area (Å²) in [4.78, 5) is 25.6. The number of aryl methyl sites for hydroxylation is 1. The van der Waals surface area contributed by atoms with Crippen molar-refractivity contribution in [3.63, 3.8) is 0 Å². The van der Waals surface area contributed by atoms with Crippen LogP contribution in [0.15, 0.2) is 18.7 Å². The normalized spacial score (nSPS) is 12.1. The molecular weight excluding hydrogens is 214 g/mol. The lowest BCUT2D eigenvalue weighted by molar-refractivity contribution is -0.143. The number of carbonyl (C=O) groups excluding carboxylic acids is 1. The number of carbonyl (C=O) groups is 2. The van der Waals surface area contributed by atoms with E-state index in [0.29, 0.717) is 6.54 Å². The molecule has 1 rings (SSSR count). The topological polar surface area (TPSA) is 104 Å². The van der Waals surface area contributed by atoms with Gasteiger partial charge >= 0.3 is 5.97 Å². The maximum absolute atomic E-state index is 11.3. The SMILES string of the molecule is O=C(CCn1ccnc1)NC(CO)C(=O)O. The van der Waals surface area contributed by atoms with E-state index in [4.69, 9.17) is 10.2 Å². The third-order valence-electron chi connectivity index (χ3n) is 1.97. The summed E-state index contributed by atoms with van der Waals surface area (Å²) in [6.45, 7) is -0.199. The van der Waals surface area contributed by atoms with Crippen LogP contribution >= 0.6 is 0 Å². The first-order valence-electron chi connectivity index (χ1n) is 4.72. The lowest BCUT2D eigenvalue weighted by atomic mass is 10.3. The molecule has 7 nitrogen and oxygen atoms in total. The van der Waals surface area contributed by atoms with Gasteiger partial charge in [-0.2, -0.15) is 0 Å². The van der Waals surface area contributed by atoms with Crippen molar-refractivity contribution >= 4 is 11.9 Å². The Labute approximate surface area is 91.7 Å². The van der Waals surface area contributed by atoms with Crippen molar-refractivity contribution in [3.8, 4) is 0 Å². The van der Waals surface area contributed by atoms with Gasteiger partial charge in [0.2, 0.25) is 5.91 Å². The van der Waals surface area contributed by atoms with Crippen LogP contribution in [0.2, 0.25) is 0 Å². The summed E-state index contributed by atoms with van der Waals surface area (Å²) < 4.78 is 1.70. The van der Waals surface area contributed by atoms with Crippen LogP contribution in [-0.2, 0) is 16.1 Å². The standard InChI is InChI=1S/C9H13N3O4/c13-5-7(9(15)16)11-8(14)1-3-12-4-2-10-6-12/h2,4,6-7,13H,1,3,5H2,(H,11,14)(H,15,16). The van der Waals surface area contributed by atoms with Crippen LogP contribution in [0.4, 0.5) is 0 Å². The van der Waals surface area contributed by atoms with Crippen molar-refractivity contribution in [1.29, 1.82) is 0 Å². The minimum atomic E-state index is -1.25. The van der Waals surface area contributed by atoms with E-state index in [1.54, 1.807) is 23.3 Å². The highest BCUT2D eigenvalue weighted by atomic mass is 16.4. The Bertz CT molecular complexity index is 350. The van der Waals surface area contributed by atoms with Crippen molar-refractivity contribution < 1.29 is 19.8 Å². The van der Waals surface area contributed by atoms with E-state index in [0.717, 1.165) is 0 Å². The molecule has 1 amide bonds. The zero-order valence-corrected chi connectivity index (χ0v) is 8.54. The Morgan fingerprint density at radius 1 is 1.50 bits per heavy atom. The van der Waals surface area contributed by atoms with Gasteiger partial charge in [0.15, 0.2) is 0 Å². The van der Waals surface area contributed by atoms with E-state index in [2.05, 4.69) is 10.3 Å². The van der Waals surface area contributed by atoms with E-state index < -0.39 is 24.5 Å². The summed E-state index contributed by atoms with van der Waals surface area (Å²) in [7, 11) is 0. The van der Waals surface area contributed by atoms with Crippen LogP contribution in [0.25, 0.3) is 0 Å². The number of aliphatic hydroxyl groups excluding tert-OH is 1. The minimum absolute atomic E-state index is 0.139. The highest BCUT2D eigenvalue weighted by Crippen LogP contribution is 1.92. The molecule has 0 fully saturated rings. The lowest BCUT2D eigenvalue weighted by Gasteiger charge is -2.11. The summed E-state index contributed by atoms with van der Waals surface area (Å²) in [5, 5.41) is 19.5. The Morgan fingerprint density at radius 2 is 2.25 bits per heavy atom. The fourth-order valence-corrected chi connectivity index (χ4v) is 1.10. The van der Waals surface area contributed by atoms with Gasteiger partial charge in [0.1, 0.15) is 6.04 Å². The number of amides is 1. The molecule has 1 heterocycles. The quantitative estimate of drug-likeness (QED) is 0.568. The molecule has 0 aromatic carbocycles. The maximum Gasteiger partial charge on any atom is 0.328 e. The first kappa shape index (κ1) is 12.2. The maximum atomic E-state index is 11.3. The van der Waals surface area contributed by atoms with E-state index in [-0.39, 0.29) is 6.42 Å². The van der Waals surface area contributed by atoms with Crippen LogP contribution in [0, 0.1) is 0 Å². The number of aliphatic carboxylic acids is 1. The van der Waals surface area contributed by atoms with Gasteiger partial charge < -0.3 is 20.1 Å². The molecule has 0 aliphatic carbocycles. The number of nitrogens with one attached hydrogen (secondary N) is 1. The number of carboxylic acid groups (broad SMARTS) is 1. The van der Waals surface area contributed by atoms with Crippen LogP contribution in [0.5, 0.6) is 0 Å². The first-order chi connectivity index (χ1) is 7.63. The second-order valence-corrected chi connectivity index (χ2v) is 3.19. The van der Waals surface area contributed by atoms with Crippen LogP contribution in [0.3, 0.4) is 0 Å². The van der Waals surface area contributed by atoms with Crippen LogP contribution in [0.1, 0.15) is 6.42 Å². The number of imidazole rings is 1. The molecule has 0 saturated heterocycles. The number of hydrogen-bond donors (Lipinski definition) is 3. The van der Waals surface area contributed by atoms with Crippen molar-refractivity contribution in [3.05, 3.63) is 18.7 Å². The Balaban J connectivity index is 2.33. The smallest absolute Gasteiger partial charge is 0.328 e. The van der Waals surface area contributed by atoms with Gasteiger partial charge in [0.05, 0.1) is 12.9 Å². The van der Waals surface area contributed by atoms with Gasteiger partial charge in [-0.15, -0.1) is 0 Å². The average molecular weight is 227 g/mol. The van der Waals surface area contributed by atoms with Gasteiger partial charge in [-0.1, -0.05) is 0 Å². The molecule has 0 bridgehead atoms. The van der Waals surface area contributed by atoms with Gasteiger partial charge in [0.25, 0.3) is 0 Å². The molecule has 1 atom stereocenters. The molecule has 1 aromatic rings. The largest absolute Gasteiger partial charge is 0.480 e. The van der Waals surface area contributed by atoms with E-state index in [9.17, 15) is 9.59 Å². The minimum Gasteiger partial charge on any atom is -0.480 e. The highest BCUT2D eigenvalue weighted by molar-refractivity contribution is 5.83. The van der Waals surface area contributed by atoms with Crippen molar-refractivity contribution in [2.75, 3.05) is 6.61 Å². The third-order valence-corrected chi connectivity index (χ3v) is 1.97. The molecule has 0 spiro atoms. The Kier molecular flexibility index (Phi) is 4.46. The molecule has 7 heteroatoms. The number of nitrogens with zero attached hydrogens (tertiary/aromatic N) is 2.